The van der Waals surface area contributed by atoms with E-state index in [0.717, 1.165) is 20.4 Å². The average Bonchev–Trinajstić information content (AvgIpc) is 2.90. The fourth-order valence-electron chi connectivity index (χ4n) is 1.54. The fourth-order valence-corrected chi connectivity index (χ4v) is 2.83. The number of nitrogens with zero attached hydrogens (tertiary/aromatic N) is 2. The molecule has 2 rings (SSSR count). The van der Waals surface area contributed by atoms with E-state index in [-0.39, 0.29) is 6.54 Å². The highest BCUT2D eigenvalue weighted by Crippen LogP contribution is 2.25. The molecule has 1 aromatic carbocycles. The van der Waals surface area contributed by atoms with E-state index < -0.39 is 10.2 Å². The van der Waals surface area contributed by atoms with E-state index in [0.29, 0.717) is 0 Å². The minimum atomic E-state index is -3.42. The first-order valence-electron chi connectivity index (χ1n) is 5.65. The normalized spacial score (nSPS) is 11.9. The minimum Gasteiger partial charge on any atom is -0.245 e. The van der Waals surface area contributed by atoms with E-state index in [2.05, 4.69) is 9.71 Å². The van der Waals surface area contributed by atoms with Gasteiger partial charge in [0.25, 0.3) is 10.2 Å². The summed E-state index contributed by atoms with van der Waals surface area (Å²) in [6.45, 7) is 0.246. The first-order valence-corrected chi connectivity index (χ1v) is 7.97. The molecule has 1 aromatic heterocycles. The van der Waals surface area contributed by atoms with Crippen LogP contribution in [0.15, 0.2) is 35.8 Å². The Bertz CT molecular complexity index is 637. The lowest BCUT2D eigenvalue weighted by Crippen LogP contribution is -2.35. The zero-order valence-corrected chi connectivity index (χ0v) is 12.3. The molecule has 0 amide bonds. The van der Waals surface area contributed by atoms with Crippen molar-refractivity contribution in [1.29, 1.82) is 0 Å². The van der Waals surface area contributed by atoms with Gasteiger partial charge in [-0.05, 0) is 5.56 Å². The molecule has 1 heterocycles. The van der Waals surface area contributed by atoms with Gasteiger partial charge in [-0.1, -0.05) is 24.3 Å². The molecular formula is C12H15N3O2S2. The van der Waals surface area contributed by atoms with E-state index in [4.69, 9.17) is 0 Å². The number of rotatable bonds is 5. The van der Waals surface area contributed by atoms with E-state index in [1.807, 2.05) is 29.6 Å². The van der Waals surface area contributed by atoms with Crippen LogP contribution in [0.3, 0.4) is 0 Å². The van der Waals surface area contributed by atoms with Crippen molar-refractivity contribution in [3.05, 3.63) is 41.4 Å². The molecule has 0 saturated heterocycles. The predicted octanol–water partition coefficient (Wildman–Crippen LogP) is 1.71. The van der Waals surface area contributed by atoms with Crippen LogP contribution in [-0.4, -0.2) is 31.8 Å². The zero-order chi connectivity index (χ0) is 13.9. The van der Waals surface area contributed by atoms with Gasteiger partial charge in [0.1, 0.15) is 5.01 Å². The Balaban J connectivity index is 2.23. The van der Waals surface area contributed by atoms with Crippen molar-refractivity contribution in [3.8, 4) is 10.6 Å². The topological polar surface area (TPSA) is 62.3 Å². The van der Waals surface area contributed by atoms with E-state index >= 15 is 0 Å². The Morgan fingerprint density at radius 1 is 1.32 bits per heavy atom. The molecule has 0 atom stereocenters. The van der Waals surface area contributed by atoms with Crippen LogP contribution in [0.25, 0.3) is 10.6 Å². The van der Waals surface area contributed by atoms with Crippen molar-refractivity contribution in [2.75, 3.05) is 14.1 Å². The Labute approximate surface area is 117 Å². The smallest absolute Gasteiger partial charge is 0.245 e. The van der Waals surface area contributed by atoms with Crippen LogP contribution in [-0.2, 0) is 16.8 Å². The monoisotopic (exact) mass is 297 g/mol. The van der Waals surface area contributed by atoms with Crippen LogP contribution in [0.2, 0.25) is 0 Å². The fraction of sp³-hybridized carbons (Fsp3) is 0.250. The van der Waals surface area contributed by atoms with Gasteiger partial charge < -0.3 is 0 Å². The van der Waals surface area contributed by atoms with Gasteiger partial charge in [0.2, 0.25) is 0 Å². The summed E-state index contributed by atoms with van der Waals surface area (Å²) >= 11 is 1.53. The molecule has 0 radical (unpaired) electrons. The molecule has 2 aromatic rings. The third-order valence-electron chi connectivity index (χ3n) is 2.61. The lowest BCUT2D eigenvalue weighted by atomic mass is 10.1. The zero-order valence-electron chi connectivity index (χ0n) is 10.7. The van der Waals surface area contributed by atoms with Crippen molar-refractivity contribution in [1.82, 2.24) is 14.0 Å². The molecule has 19 heavy (non-hydrogen) atoms. The van der Waals surface area contributed by atoms with Crippen LogP contribution < -0.4 is 4.72 Å². The standard InChI is InChI=1S/C12H15N3O2S2/c1-15(2)19(16,17)14-9-10-5-3-4-6-11(10)12-13-7-8-18-12/h3-8,14H,9H2,1-2H3. The predicted molar refractivity (Wildman–Crippen MR) is 77.0 cm³/mol. The average molecular weight is 297 g/mol. The van der Waals surface area contributed by atoms with Gasteiger partial charge in [0, 0.05) is 37.8 Å². The molecule has 0 unspecified atom stereocenters. The van der Waals surface area contributed by atoms with Gasteiger partial charge in [-0.15, -0.1) is 11.3 Å². The molecule has 0 aliphatic carbocycles. The largest absolute Gasteiger partial charge is 0.279 e. The summed E-state index contributed by atoms with van der Waals surface area (Å²) in [6, 6.07) is 7.64. The first kappa shape index (κ1) is 14.1. The molecule has 0 fully saturated rings. The van der Waals surface area contributed by atoms with Gasteiger partial charge in [0.05, 0.1) is 0 Å². The molecule has 0 aliphatic rings. The maximum absolute atomic E-state index is 11.7. The summed E-state index contributed by atoms with van der Waals surface area (Å²) < 4.78 is 27.1. The van der Waals surface area contributed by atoms with Crippen LogP contribution in [0, 0.1) is 0 Å². The summed E-state index contributed by atoms with van der Waals surface area (Å²) in [4.78, 5) is 4.26. The Kier molecular flexibility index (Phi) is 4.31. The van der Waals surface area contributed by atoms with Gasteiger partial charge in [-0.25, -0.2) is 4.98 Å². The number of nitrogens with one attached hydrogen (secondary N) is 1. The van der Waals surface area contributed by atoms with E-state index in [1.54, 1.807) is 6.20 Å². The third-order valence-corrected chi connectivity index (χ3v) is 4.88. The highest BCUT2D eigenvalue weighted by atomic mass is 32.2. The summed E-state index contributed by atoms with van der Waals surface area (Å²) in [6.07, 6.45) is 1.74. The van der Waals surface area contributed by atoms with E-state index in [1.165, 1.54) is 25.4 Å². The number of thiazole rings is 1. The summed E-state index contributed by atoms with van der Waals surface area (Å²) in [5.74, 6) is 0. The van der Waals surface area contributed by atoms with Gasteiger partial charge in [0.15, 0.2) is 0 Å². The molecule has 0 aliphatic heterocycles. The van der Waals surface area contributed by atoms with Gasteiger partial charge in [-0.3, -0.25) is 0 Å². The van der Waals surface area contributed by atoms with Crippen LogP contribution in [0.5, 0.6) is 0 Å². The number of hydrogen-bond acceptors (Lipinski definition) is 4. The molecule has 0 saturated carbocycles. The molecular weight excluding hydrogens is 282 g/mol. The molecule has 1 N–H and O–H groups in total. The lowest BCUT2D eigenvalue weighted by Gasteiger charge is -2.13. The molecule has 5 nitrogen and oxygen atoms in total. The van der Waals surface area contributed by atoms with Crippen LogP contribution in [0.4, 0.5) is 0 Å². The lowest BCUT2D eigenvalue weighted by molar-refractivity contribution is 0.505. The van der Waals surface area contributed by atoms with Crippen molar-refractivity contribution >= 4 is 21.5 Å². The summed E-state index contributed by atoms with van der Waals surface area (Å²) in [5.41, 5.74) is 1.86. The SMILES string of the molecule is CN(C)S(=O)(=O)NCc1ccccc1-c1nccs1. The maximum Gasteiger partial charge on any atom is 0.279 e. The van der Waals surface area contributed by atoms with E-state index in [9.17, 15) is 8.42 Å². The Hall–Kier alpha value is -1.28. The number of benzene rings is 1. The second-order valence-corrected chi connectivity index (χ2v) is 6.97. The molecule has 0 bridgehead atoms. The van der Waals surface area contributed by atoms with Crippen molar-refractivity contribution < 1.29 is 8.42 Å². The highest BCUT2D eigenvalue weighted by molar-refractivity contribution is 7.87. The third kappa shape index (κ3) is 3.38. The van der Waals surface area contributed by atoms with Crippen LogP contribution in [0.1, 0.15) is 5.56 Å². The first-order chi connectivity index (χ1) is 9.00. The summed E-state index contributed by atoms with van der Waals surface area (Å²) in [5, 5.41) is 2.79. The van der Waals surface area contributed by atoms with Crippen LogP contribution >= 0.6 is 11.3 Å². The van der Waals surface area contributed by atoms with Gasteiger partial charge in [-0.2, -0.15) is 17.4 Å². The van der Waals surface area contributed by atoms with Crippen molar-refractivity contribution in [2.24, 2.45) is 0 Å². The Morgan fingerprint density at radius 3 is 2.68 bits per heavy atom. The summed E-state index contributed by atoms with van der Waals surface area (Å²) in [7, 11) is -0.425. The quantitative estimate of drug-likeness (QED) is 0.914. The molecule has 0 spiro atoms. The second kappa shape index (κ2) is 5.79. The Morgan fingerprint density at radius 2 is 2.05 bits per heavy atom. The maximum atomic E-state index is 11.7. The number of hydrogen-bond donors (Lipinski definition) is 1. The highest BCUT2D eigenvalue weighted by Gasteiger charge is 2.14. The second-order valence-electron chi connectivity index (χ2n) is 4.10. The van der Waals surface area contributed by atoms with Crippen molar-refractivity contribution in [2.45, 2.75) is 6.54 Å². The molecule has 7 heteroatoms. The molecule has 102 valence electrons. The van der Waals surface area contributed by atoms with Crippen molar-refractivity contribution in [3.63, 3.8) is 0 Å². The van der Waals surface area contributed by atoms with Gasteiger partial charge >= 0.3 is 0 Å². The number of aromatic nitrogens is 1. The minimum absolute atomic E-state index is 0.246.